The van der Waals surface area contributed by atoms with Gasteiger partial charge in [-0.25, -0.2) is 5.48 Å². The van der Waals surface area contributed by atoms with Crippen LogP contribution >= 0.6 is 0 Å². The van der Waals surface area contributed by atoms with Crippen molar-refractivity contribution in [2.75, 3.05) is 0 Å². The fourth-order valence-electron chi connectivity index (χ4n) is 2.26. The minimum absolute atomic E-state index is 0.420. The van der Waals surface area contributed by atoms with Crippen LogP contribution in [0, 0.1) is 13.8 Å². The first-order valence-electron chi connectivity index (χ1n) is 6.19. The van der Waals surface area contributed by atoms with E-state index >= 15 is 0 Å². The van der Waals surface area contributed by atoms with Crippen molar-refractivity contribution in [1.29, 1.82) is 0 Å². The van der Waals surface area contributed by atoms with Crippen LogP contribution < -0.4 is 5.48 Å². The van der Waals surface area contributed by atoms with Crippen molar-refractivity contribution >= 4 is 5.91 Å². The third-order valence-electron chi connectivity index (χ3n) is 3.12. The van der Waals surface area contributed by atoms with Crippen LogP contribution in [0.15, 0.2) is 48.5 Å². The van der Waals surface area contributed by atoms with Crippen molar-refractivity contribution in [3.63, 3.8) is 0 Å². The summed E-state index contributed by atoms with van der Waals surface area (Å²) in [6, 6.07) is 15.5. The van der Waals surface area contributed by atoms with E-state index in [-0.39, 0.29) is 0 Å². The first kappa shape index (κ1) is 13.3. The molecule has 3 heteroatoms. The molecule has 0 unspecified atom stereocenters. The van der Waals surface area contributed by atoms with Gasteiger partial charge in [-0.3, -0.25) is 10.0 Å². The van der Waals surface area contributed by atoms with Gasteiger partial charge < -0.3 is 0 Å². The fraction of sp³-hybridized carbons (Fsp3) is 0.188. The molecule has 0 aliphatic carbocycles. The van der Waals surface area contributed by atoms with E-state index in [0.29, 0.717) is 0 Å². The Morgan fingerprint density at radius 2 is 1.47 bits per heavy atom. The molecule has 2 N–H and O–H groups in total. The molecule has 0 aliphatic heterocycles. The molecule has 0 bridgehead atoms. The Morgan fingerprint density at radius 3 is 1.84 bits per heavy atom. The highest BCUT2D eigenvalue weighted by Gasteiger charge is 2.22. The third-order valence-corrected chi connectivity index (χ3v) is 3.12. The molecule has 0 heterocycles. The number of carbonyl (C=O) groups is 1. The summed E-state index contributed by atoms with van der Waals surface area (Å²) >= 11 is 0. The molecule has 0 atom stereocenters. The van der Waals surface area contributed by atoms with Crippen LogP contribution in [-0.2, 0) is 4.79 Å². The van der Waals surface area contributed by atoms with Crippen molar-refractivity contribution in [3.05, 3.63) is 70.8 Å². The molecule has 0 fully saturated rings. The van der Waals surface area contributed by atoms with E-state index in [9.17, 15) is 4.79 Å². The SMILES string of the molecule is Cc1cccc(C(C(=O)NO)c2cccc(C)c2)c1. The molecule has 0 aliphatic rings. The zero-order valence-electron chi connectivity index (χ0n) is 11.1. The highest BCUT2D eigenvalue weighted by molar-refractivity contribution is 5.86. The van der Waals surface area contributed by atoms with Crippen molar-refractivity contribution in [2.24, 2.45) is 0 Å². The lowest BCUT2D eigenvalue weighted by molar-refractivity contribution is -0.129. The molecule has 19 heavy (non-hydrogen) atoms. The number of hydroxylamine groups is 1. The van der Waals surface area contributed by atoms with Crippen LogP contribution in [0.4, 0.5) is 0 Å². The van der Waals surface area contributed by atoms with Crippen LogP contribution in [0.1, 0.15) is 28.2 Å². The molecule has 0 aromatic heterocycles. The largest absolute Gasteiger partial charge is 0.289 e. The number of nitrogens with one attached hydrogen (secondary N) is 1. The van der Waals surface area contributed by atoms with Crippen molar-refractivity contribution < 1.29 is 10.0 Å². The molecule has 0 spiro atoms. The van der Waals surface area contributed by atoms with E-state index in [2.05, 4.69) is 0 Å². The maximum absolute atomic E-state index is 12.0. The van der Waals surface area contributed by atoms with Crippen LogP contribution in [0.5, 0.6) is 0 Å². The highest BCUT2D eigenvalue weighted by Crippen LogP contribution is 2.26. The zero-order valence-corrected chi connectivity index (χ0v) is 11.1. The lowest BCUT2D eigenvalue weighted by Gasteiger charge is -2.16. The topological polar surface area (TPSA) is 49.3 Å². The molecule has 0 saturated heterocycles. The molecular weight excluding hydrogens is 238 g/mol. The Balaban J connectivity index is 2.50. The second-order valence-corrected chi connectivity index (χ2v) is 4.74. The Bertz CT molecular complexity index is 547. The molecule has 2 rings (SSSR count). The third kappa shape index (κ3) is 3.01. The number of hydrogen-bond donors (Lipinski definition) is 2. The Hall–Kier alpha value is -2.13. The number of hydrogen-bond acceptors (Lipinski definition) is 2. The van der Waals surface area contributed by atoms with Gasteiger partial charge in [-0.05, 0) is 25.0 Å². The van der Waals surface area contributed by atoms with Crippen LogP contribution in [0.3, 0.4) is 0 Å². The van der Waals surface area contributed by atoms with Crippen LogP contribution in [-0.4, -0.2) is 11.1 Å². The van der Waals surface area contributed by atoms with Crippen molar-refractivity contribution in [1.82, 2.24) is 5.48 Å². The second kappa shape index (κ2) is 5.67. The van der Waals surface area contributed by atoms with Gasteiger partial charge in [0.05, 0.1) is 5.92 Å². The van der Waals surface area contributed by atoms with Gasteiger partial charge in [0.15, 0.2) is 0 Å². The van der Waals surface area contributed by atoms with E-state index in [1.807, 2.05) is 62.4 Å². The Labute approximate surface area is 112 Å². The number of rotatable bonds is 3. The molecule has 1 amide bonds. The molecule has 3 nitrogen and oxygen atoms in total. The molecular formula is C16H17NO2. The van der Waals surface area contributed by atoms with E-state index < -0.39 is 11.8 Å². The summed E-state index contributed by atoms with van der Waals surface area (Å²) in [4.78, 5) is 12.0. The van der Waals surface area contributed by atoms with Gasteiger partial charge in [0.1, 0.15) is 0 Å². The summed E-state index contributed by atoms with van der Waals surface area (Å²) in [6.07, 6.45) is 0. The summed E-state index contributed by atoms with van der Waals surface area (Å²) in [7, 11) is 0. The number of amides is 1. The van der Waals surface area contributed by atoms with Crippen molar-refractivity contribution in [2.45, 2.75) is 19.8 Å². The normalized spacial score (nSPS) is 10.5. The lowest BCUT2D eigenvalue weighted by Crippen LogP contribution is -2.27. The number of aryl methyl sites for hydroxylation is 2. The standard InChI is InChI=1S/C16H17NO2/c1-11-5-3-7-13(9-11)15(16(18)17-19)14-8-4-6-12(2)10-14/h3-10,15,19H,1-2H3,(H,17,18). The first-order valence-corrected chi connectivity index (χ1v) is 6.19. The maximum Gasteiger partial charge on any atom is 0.255 e. The fourth-order valence-corrected chi connectivity index (χ4v) is 2.26. The molecule has 98 valence electrons. The van der Waals surface area contributed by atoms with Gasteiger partial charge in [0.25, 0.3) is 5.91 Å². The maximum atomic E-state index is 12.0. The van der Waals surface area contributed by atoms with Gasteiger partial charge >= 0.3 is 0 Å². The Kier molecular flexibility index (Phi) is 3.97. The van der Waals surface area contributed by atoms with Crippen LogP contribution in [0.25, 0.3) is 0 Å². The van der Waals surface area contributed by atoms with Gasteiger partial charge in [-0.2, -0.15) is 0 Å². The van der Waals surface area contributed by atoms with Gasteiger partial charge in [0.2, 0.25) is 0 Å². The predicted octanol–water partition coefficient (Wildman–Crippen LogP) is 2.94. The second-order valence-electron chi connectivity index (χ2n) is 4.74. The van der Waals surface area contributed by atoms with Gasteiger partial charge in [-0.1, -0.05) is 59.7 Å². The summed E-state index contributed by atoms with van der Waals surface area (Å²) in [5.74, 6) is -0.916. The van der Waals surface area contributed by atoms with Gasteiger partial charge in [0, 0.05) is 0 Å². The minimum Gasteiger partial charge on any atom is -0.289 e. The van der Waals surface area contributed by atoms with Crippen molar-refractivity contribution in [3.8, 4) is 0 Å². The summed E-state index contributed by atoms with van der Waals surface area (Å²) in [5.41, 5.74) is 5.68. The predicted molar refractivity (Wildman–Crippen MR) is 74.1 cm³/mol. The van der Waals surface area contributed by atoms with Crippen LogP contribution in [0.2, 0.25) is 0 Å². The number of benzene rings is 2. The first-order chi connectivity index (χ1) is 9.11. The summed E-state index contributed by atoms with van der Waals surface area (Å²) < 4.78 is 0. The summed E-state index contributed by atoms with van der Waals surface area (Å²) in [5, 5.41) is 8.97. The highest BCUT2D eigenvalue weighted by atomic mass is 16.5. The van der Waals surface area contributed by atoms with E-state index in [1.54, 1.807) is 5.48 Å². The Morgan fingerprint density at radius 1 is 1.00 bits per heavy atom. The zero-order chi connectivity index (χ0) is 13.8. The smallest absolute Gasteiger partial charge is 0.255 e. The quantitative estimate of drug-likeness (QED) is 0.654. The average Bonchev–Trinajstić information content (AvgIpc) is 2.39. The van der Waals surface area contributed by atoms with Gasteiger partial charge in [-0.15, -0.1) is 0 Å². The molecule has 0 saturated carbocycles. The monoisotopic (exact) mass is 255 g/mol. The molecule has 2 aromatic carbocycles. The van der Waals surface area contributed by atoms with E-state index in [0.717, 1.165) is 22.3 Å². The summed E-state index contributed by atoms with van der Waals surface area (Å²) in [6.45, 7) is 3.96. The van der Waals surface area contributed by atoms with E-state index in [4.69, 9.17) is 5.21 Å². The average molecular weight is 255 g/mol. The minimum atomic E-state index is -0.496. The lowest BCUT2D eigenvalue weighted by atomic mass is 9.89. The number of carbonyl (C=O) groups excluding carboxylic acids is 1. The molecule has 2 aromatic rings. The van der Waals surface area contributed by atoms with E-state index in [1.165, 1.54) is 0 Å². The molecule has 0 radical (unpaired) electrons.